The van der Waals surface area contributed by atoms with Crippen molar-refractivity contribution in [3.63, 3.8) is 0 Å². The van der Waals surface area contributed by atoms with E-state index in [1.807, 2.05) is 12.1 Å². The predicted molar refractivity (Wildman–Crippen MR) is 105 cm³/mol. The van der Waals surface area contributed by atoms with Crippen LogP contribution in [0.15, 0.2) is 42.1 Å². The zero-order valence-electron chi connectivity index (χ0n) is 15.4. The van der Waals surface area contributed by atoms with Crippen molar-refractivity contribution in [3.05, 3.63) is 47.7 Å². The molecular formula is C20H27N5O. The van der Waals surface area contributed by atoms with Crippen molar-refractivity contribution in [1.29, 1.82) is 0 Å². The van der Waals surface area contributed by atoms with Crippen LogP contribution in [0.25, 0.3) is 0 Å². The summed E-state index contributed by atoms with van der Waals surface area (Å²) in [5.41, 5.74) is 2.80. The van der Waals surface area contributed by atoms with E-state index in [4.69, 9.17) is 4.74 Å². The first-order valence-corrected chi connectivity index (χ1v) is 9.32. The van der Waals surface area contributed by atoms with Gasteiger partial charge in [-0.1, -0.05) is 23.8 Å². The van der Waals surface area contributed by atoms with Crippen LogP contribution >= 0.6 is 0 Å². The summed E-state index contributed by atoms with van der Waals surface area (Å²) in [6.45, 7) is 1.64. The molecule has 1 aliphatic carbocycles. The first-order valence-electron chi connectivity index (χ1n) is 9.32. The molecule has 0 unspecified atom stereocenters. The Kier molecular flexibility index (Phi) is 6.81. The summed E-state index contributed by atoms with van der Waals surface area (Å²) in [6, 6.07) is 8.11. The van der Waals surface area contributed by atoms with Crippen LogP contribution in [0, 0.1) is 0 Å². The molecule has 0 aliphatic heterocycles. The molecule has 0 saturated heterocycles. The van der Waals surface area contributed by atoms with Crippen molar-refractivity contribution in [1.82, 2.24) is 15.2 Å². The molecule has 0 atom stereocenters. The number of allylic oxidation sites excluding steroid dienone is 1. The Morgan fingerprint density at radius 2 is 1.88 bits per heavy atom. The molecule has 0 saturated carbocycles. The van der Waals surface area contributed by atoms with Crippen molar-refractivity contribution in [3.8, 4) is 5.75 Å². The number of nitrogens with zero attached hydrogens (tertiary/aromatic N) is 3. The minimum Gasteiger partial charge on any atom is -0.497 e. The van der Waals surface area contributed by atoms with Crippen LogP contribution in [-0.4, -0.2) is 35.4 Å². The monoisotopic (exact) mass is 353 g/mol. The van der Waals surface area contributed by atoms with Crippen molar-refractivity contribution in [2.24, 2.45) is 0 Å². The zero-order chi connectivity index (χ0) is 18.0. The Labute approximate surface area is 155 Å². The largest absolute Gasteiger partial charge is 0.497 e. The molecule has 6 nitrogen and oxygen atoms in total. The predicted octanol–water partition coefficient (Wildman–Crippen LogP) is 3.84. The lowest BCUT2D eigenvalue weighted by Crippen LogP contribution is -2.11. The molecule has 0 radical (unpaired) electrons. The van der Waals surface area contributed by atoms with E-state index in [0.717, 1.165) is 37.5 Å². The van der Waals surface area contributed by atoms with Crippen LogP contribution in [0.5, 0.6) is 5.75 Å². The molecule has 0 amide bonds. The molecule has 1 aliphatic rings. The topological polar surface area (TPSA) is 72.0 Å². The smallest absolute Gasteiger partial charge is 0.244 e. The summed E-state index contributed by atoms with van der Waals surface area (Å²) in [5.74, 6) is 2.20. The molecule has 1 aromatic carbocycles. The van der Waals surface area contributed by atoms with Gasteiger partial charge < -0.3 is 15.4 Å². The standard InChI is InChI=1S/C20H27N5O/c1-26-18-9-7-17(8-10-18)11-13-21-19-15-23-25-20(24-19)22-14-12-16-5-3-2-4-6-16/h5,7-10,15H,2-4,6,11-14H2,1H3,(H2,21,22,24,25). The first kappa shape index (κ1) is 18.2. The lowest BCUT2D eigenvalue weighted by atomic mass is 9.97. The van der Waals surface area contributed by atoms with Crippen LogP contribution in [-0.2, 0) is 6.42 Å². The van der Waals surface area contributed by atoms with E-state index in [-0.39, 0.29) is 0 Å². The molecule has 1 heterocycles. The number of ether oxygens (including phenoxy) is 1. The van der Waals surface area contributed by atoms with Crippen LogP contribution in [0.2, 0.25) is 0 Å². The minimum absolute atomic E-state index is 0.579. The molecule has 1 aromatic heterocycles. The summed E-state index contributed by atoms with van der Waals surface area (Å²) in [6.07, 6.45) is 11.1. The average Bonchev–Trinajstić information content (AvgIpc) is 2.70. The van der Waals surface area contributed by atoms with E-state index in [1.54, 1.807) is 18.9 Å². The fraction of sp³-hybridized carbons (Fsp3) is 0.450. The third-order valence-electron chi connectivity index (χ3n) is 4.55. The maximum Gasteiger partial charge on any atom is 0.244 e. The van der Waals surface area contributed by atoms with Crippen molar-refractivity contribution >= 4 is 11.8 Å². The molecular weight excluding hydrogens is 326 g/mol. The second-order valence-electron chi connectivity index (χ2n) is 6.48. The molecule has 0 spiro atoms. The molecule has 2 N–H and O–H groups in total. The Morgan fingerprint density at radius 3 is 2.65 bits per heavy atom. The number of rotatable bonds is 9. The van der Waals surface area contributed by atoms with Gasteiger partial charge in [0.25, 0.3) is 0 Å². The van der Waals surface area contributed by atoms with Gasteiger partial charge in [-0.3, -0.25) is 0 Å². The van der Waals surface area contributed by atoms with E-state index in [1.165, 1.54) is 31.2 Å². The molecule has 0 fully saturated rings. The summed E-state index contributed by atoms with van der Waals surface area (Å²) in [5, 5.41) is 14.7. The maximum absolute atomic E-state index is 5.18. The van der Waals surface area contributed by atoms with E-state index in [0.29, 0.717) is 5.95 Å². The van der Waals surface area contributed by atoms with Crippen molar-refractivity contribution in [2.75, 3.05) is 30.8 Å². The van der Waals surface area contributed by atoms with Gasteiger partial charge in [-0.25, -0.2) is 0 Å². The second kappa shape index (κ2) is 9.75. The molecule has 3 rings (SSSR count). The van der Waals surface area contributed by atoms with Crippen LogP contribution in [0.3, 0.4) is 0 Å². The highest BCUT2D eigenvalue weighted by atomic mass is 16.5. The molecule has 26 heavy (non-hydrogen) atoms. The SMILES string of the molecule is COc1ccc(CCNc2cnnc(NCCC3=CCCCC3)n2)cc1. The average molecular weight is 353 g/mol. The van der Waals surface area contributed by atoms with Crippen molar-refractivity contribution in [2.45, 2.75) is 38.5 Å². The number of methoxy groups -OCH3 is 1. The van der Waals surface area contributed by atoms with Gasteiger partial charge in [0.2, 0.25) is 5.95 Å². The van der Waals surface area contributed by atoms with E-state index >= 15 is 0 Å². The first-order chi connectivity index (χ1) is 12.8. The number of anilines is 2. The minimum atomic E-state index is 0.579. The molecule has 138 valence electrons. The van der Waals surface area contributed by atoms with E-state index in [2.05, 4.69) is 44.0 Å². The van der Waals surface area contributed by atoms with Crippen LogP contribution < -0.4 is 15.4 Å². The lowest BCUT2D eigenvalue weighted by molar-refractivity contribution is 0.414. The molecule has 2 aromatic rings. The number of nitrogens with one attached hydrogen (secondary N) is 2. The molecule has 6 heteroatoms. The van der Waals surface area contributed by atoms with Gasteiger partial charge in [0, 0.05) is 13.1 Å². The third-order valence-corrected chi connectivity index (χ3v) is 4.55. The van der Waals surface area contributed by atoms with Gasteiger partial charge in [0.15, 0.2) is 5.82 Å². The zero-order valence-corrected chi connectivity index (χ0v) is 15.4. The van der Waals surface area contributed by atoms with Gasteiger partial charge in [-0.05, 0) is 56.2 Å². The van der Waals surface area contributed by atoms with Crippen molar-refractivity contribution < 1.29 is 4.74 Å². The summed E-state index contributed by atoms with van der Waals surface area (Å²) in [4.78, 5) is 4.48. The quantitative estimate of drug-likeness (QED) is 0.668. The maximum atomic E-state index is 5.18. The Morgan fingerprint density at radius 1 is 1.04 bits per heavy atom. The normalized spacial score (nSPS) is 13.8. The fourth-order valence-electron chi connectivity index (χ4n) is 3.06. The van der Waals surface area contributed by atoms with Gasteiger partial charge >= 0.3 is 0 Å². The van der Waals surface area contributed by atoms with Gasteiger partial charge in [-0.15, -0.1) is 5.10 Å². The number of hydrogen-bond donors (Lipinski definition) is 2. The van der Waals surface area contributed by atoms with E-state index in [9.17, 15) is 0 Å². The Hall–Kier alpha value is -2.63. The third kappa shape index (κ3) is 5.72. The van der Waals surface area contributed by atoms with Crippen LogP contribution in [0.4, 0.5) is 11.8 Å². The van der Waals surface area contributed by atoms with Crippen LogP contribution in [0.1, 0.15) is 37.7 Å². The number of benzene rings is 1. The highest BCUT2D eigenvalue weighted by Crippen LogP contribution is 2.19. The number of hydrogen-bond acceptors (Lipinski definition) is 6. The fourth-order valence-corrected chi connectivity index (χ4v) is 3.06. The summed E-state index contributed by atoms with van der Waals surface area (Å²) in [7, 11) is 1.68. The summed E-state index contributed by atoms with van der Waals surface area (Å²) < 4.78 is 5.18. The molecule has 0 bridgehead atoms. The summed E-state index contributed by atoms with van der Waals surface area (Å²) >= 11 is 0. The van der Waals surface area contributed by atoms with Gasteiger partial charge in [0.1, 0.15) is 5.75 Å². The van der Waals surface area contributed by atoms with Gasteiger partial charge in [-0.2, -0.15) is 10.1 Å². The second-order valence-corrected chi connectivity index (χ2v) is 6.48. The Bertz CT molecular complexity index is 714. The highest BCUT2D eigenvalue weighted by Gasteiger charge is 2.05. The van der Waals surface area contributed by atoms with E-state index < -0.39 is 0 Å². The number of aromatic nitrogens is 3. The lowest BCUT2D eigenvalue weighted by Gasteiger charge is -2.13. The Balaban J connectivity index is 1.42. The van der Waals surface area contributed by atoms with Gasteiger partial charge in [0.05, 0.1) is 13.3 Å². The highest BCUT2D eigenvalue weighted by molar-refractivity contribution is 5.37.